The van der Waals surface area contributed by atoms with Crippen molar-refractivity contribution in [2.24, 2.45) is 0 Å². The van der Waals surface area contributed by atoms with Crippen LogP contribution in [0.5, 0.6) is 0 Å². The molecule has 21 heavy (non-hydrogen) atoms. The smallest absolute Gasteiger partial charge is 0.290 e. The van der Waals surface area contributed by atoms with Crippen LogP contribution < -0.4 is 0 Å². The number of nitrogens with zero attached hydrogens (tertiary/aromatic N) is 1. The Morgan fingerprint density at radius 2 is 1.90 bits per heavy atom. The van der Waals surface area contributed by atoms with Crippen molar-refractivity contribution >= 4 is 15.7 Å². The Balaban J connectivity index is 2.99. The van der Waals surface area contributed by atoms with E-state index in [4.69, 9.17) is 4.42 Å². The fourth-order valence-corrected chi connectivity index (χ4v) is 3.46. The second kappa shape index (κ2) is 7.11. The van der Waals surface area contributed by atoms with Gasteiger partial charge in [0.1, 0.15) is 0 Å². The number of furan rings is 1. The zero-order valence-corrected chi connectivity index (χ0v) is 14.2. The maximum absolute atomic E-state index is 12.6. The molecule has 1 aromatic heterocycles. The molecule has 0 radical (unpaired) electrons. The van der Waals surface area contributed by atoms with Crippen LogP contribution in [0.4, 0.5) is 0 Å². The molecule has 0 aliphatic heterocycles. The van der Waals surface area contributed by atoms with Gasteiger partial charge in [-0.05, 0) is 25.8 Å². The number of hydrogen-bond donors (Lipinski definition) is 0. The van der Waals surface area contributed by atoms with E-state index in [9.17, 15) is 13.2 Å². The van der Waals surface area contributed by atoms with Crippen LogP contribution in [-0.4, -0.2) is 43.3 Å². The van der Waals surface area contributed by atoms with Gasteiger partial charge in [-0.25, -0.2) is 8.42 Å². The molecule has 5 nitrogen and oxygen atoms in total. The van der Waals surface area contributed by atoms with E-state index in [1.165, 1.54) is 6.26 Å². The number of carbonyl (C=O) groups is 1. The topological polar surface area (TPSA) is 67.6 Å². The number of rotatable bonds is 7. The molecule has 0 spiro atoms. The van der Waals surface area contributed by atoms with Gasteiger partial charge in [-0.1, -0.05) is 20.8 Å². The van der Waals surface area contributed by atoms with Crippen molar-refractivity contribution in [1.82, 2.24) is 4.90 Å². The molecule has 120 valence electrons. The molecule has 0 fully saturated rings. The molecular formula is C15H25NO4S. The van der Waals surface area contributed by atoms with Crippen LogP contribution in [0.2, 0.25) is 0 Å². The fourth-order valence-electron chi connectivity index (χ4n) is 2.31. The maximum Gasteiger partial charge on any atom is 0.290 e. The van der Waals surface area contributed by atoms with E-state index < -0.39 is 9.84 Å². The van der Waals surface area contributed by atoms with Crippen molar-refractivity contribution in [2.75, 3.05) is 18.1 Å². The summed E-state index contributed by atoms with van der Waals surface area (Å²) in [5.41, 5.74) is 0.851. The Kier molecular flexibility index (Phi) is 6.01. The van der Waals surface area contributed by atoms with Crippen LogP contribution in [0.1, 0.15) is 56.7 Å². The summed E-state index contributed by atoms with van der Waals surface area (Å²) in [6.07, 6.45) is 1.50. The molecule has 1 unspecified atom stereocenters. The summed E-state index contributed by atoms with van der Waals surface area (Å²) in [5.74, 6) is 0.302. The molecule has 1 aromatic rings. The molecule has 0 saturated heterocycles. The SMILES string of the molecule is CCN(C(=O)c1occc1C(C)C)C(C)CS(=O)(=O)CC. The molecule has 1 atom stereocenters. The fraction of sp³-hybridized carbons (Fsp3) is 0.667. The summed E-state index contributed by atoms with van der Waals surface area (Å²) in [7, 11) is -3.13. The van der Waals surface area contributed by atoms with Crippen molar-refractivity contribution in [3.63, 3.8) is 0 Å². The van der Waals surface area contributed by atoms with E-state index in [-0.39, 0.29) is 29.4 Å². The Morgan fingerprint density at radius 1 is 1.29 bits per heavy atom. The van der Waals surface area contributed by atoms with Crippen LogP contribution in [-0.2, 0) is 9.84 Å². The van der Waals surface area contributed by atoms with E-state index >= 15 is 0 Å². The van der Waals surface area contributed by atoms with Crippen LogP contribution >= 0.6 is 0 Å². The van der Waals surface area contributed by atoms with Gasteiger partial charge >= 0.3 is 0 Å². The van der Waals surface area contributed by atoms with Crippen molar-refractivity contribution in [3.05, 3.63) is 23.7 Å². The Morgan fingerprint density at radius 3 is 2.38 bits per heavy atom. The van der Waals surface area contributed by atoms with Crippen molar-refractivity contribution in [2.45, 2.75) is 46.6 Å². The lowest BCUT2D eigenvalue weighted by Gasteiger charge is -2.27. The van der Waals surface area contributed by atoms with Gasteiger partial charge in [0.15, 0.2) is 15.6 Å². The lowest BCUT2D eigenvalue weighted by atomic mass is 10.0. The van der Waals surface area contributed by atoms with Gasteiger partial charge < -0.3 is 9.32 Å². The van der Waals surface area contributed by atoms with E-state index in [2.05, 4.69) is 0 Å². The molecule has 0 bridgehead atoms. The summed E-state index contributed by atoms with van der Waals surface area (Å²) >= 11 is 0. The molecular weight excluding hydrogens is 290 g/mol. The van der Waals surface area contributed by atoms with Crippen LogP contribution in [0, 0.1) is 0 Å². The van der Waals surface area contributed by atoms with E-state index in [0.29, 0.717) is 12.3 Å². The highest BCUT2D eigenvalue weighted by Crippen LogP contribution is 2.23. The normalized spacial score (nSPS) is 13.4. The first-order valence-corrected chi connectivity index (χ1v) is 9.14. The first-order valence-electron chi connectivity index (χ1n) is 7.32. The standard InChI is InChI=1S/C15H25NO4S/c1-6-16(12(5)10-21(18,19)7-2)15(17)14-13(11(3)4)8-9-20-14/h8-9,11-12H,6-7,10H2,1-5H3. The maximum atomic E-state index is 12.6. The van der Waals surface area contributed by atoms with Crippen molar-refractivity contribution in [3.8, 4) is 0 Å². The molecule has 0 N–H and O–H groups in total. The van der Waals surface area contributed by atoms with Gasteiger partial charge in [0.05, 0.1) is 12.0 Å². The Labute approximate surface area is 127 Å². The molecule has 0 aliphatic rings. The van der Waals surface area contributed by atoms with Crippen LogP contribution in [0.15, 0.2) is 16.7 Å². The van der Waals surface area contributed by atoms with E-state index in [0.717, 1.165) is 5.56 Å². The van der Waals surface area contributed by atoms with Crippen molar-refractivity contribution in [1.29, 1.82) is 0 Å². The molecule has 1 amide bonds. The summed E-state index contributed by atoms with van der Waals surface area (Å²) in [5, 5.41) is 0. The predicted octanol–water partition coefficient (Wildman–Crippen LogP) is 2.69. The van der Waals surface area contributed by atoms with Gasteiger partial charge in [0.25, 0.3) is 5.91 Å². The first-order chi connectivity index (χ1) is 9.73. The second-order valence-electron chi connectivity index (χ2n) is 5.50. The lowest BCUT2D eigenvalue weighted by Crippen LogP contribution is -2.42. The minimum absolute atomic E-state index is 0.0270. The van der Waals surface area contributed by atoms with E-state index in [1.54, 1.807) is 24.8 Å². The van der Waals surface area contributed by atoms with Crippen LogP contribution in [0.25, 0.3) is 0 Å². The zero-order valence-electron chi connectivity index (χ0n) is 13.4. The highest BCUT2D eigenvalue weighted by molar-refractivity contribution is 7.91. The highest BCUT2D eigenvalue weighted by Gasteiger charge is 2.28. The molecule has 6 heteroatoms. The monoisotopic (exact) mass is 315 g/mol. The van der Waals surface area contributed by atoms with Gasteiger partial charge in [0.2, 0.25) is 0 Å². The predicted molar refractivity (Wildman–Crippen MR) is 83.3 cm³/mol. The minimum atomic E-state index is -3.13. The minimum Gasteiger partial charge on any atom is -0.459 e. The average molecular weight is 315 g/mol. The molecule has 0 aliphatic carbocycles. The largest absolute Gasteiger partial charge is 0.459 e. The number of hydrogen-bond acceptors (Lipinski definition) is 4. The third-order valence-electron chi connectivity index (χ3n) is 3.58. The summed E-state index contributed by atoms with van der Waals surface area (Å²) in [6.45, 7) is 9.63. The summed E-state index contributed by atoms with van der Waals surface area (Å²) in [6, 6.07) is 1.41. The zero-order chi connectivity index (χ0) is 16.2. The Hall–Kier alpha value is -1.30. The van der Waals surface area contributed by atoms with Gasteiger partial charge in [-0.2, -0.15) is 0 Å². The molecule has 1 heterocycles. The number of sulfone groups is 1. The third kappa shape index (κ3) is 4.33. The number of carbonyl (C=O) groups excluding carboxylic acids is 1. The van der Waals surface area contributed by atoms with Gasteiger partial charge in [0, 0.05) is 23.9 Å². The Bertz CT molecular complexity index is 574. The van der Waals surface area contributed by atoms with Gasteiger partial charge in [-0.3, -0.25) is 4.79 Å². The second-order valence-corrected chi connectivity index (χ2v) is 7.90. The third-order valence-corrected chi connectivity index (χ3v) is 5.45. The summed E-state index contributed by atoms with van der Waals surface area (Å²) in [4.78, 5) is 14.2. The lowest BCUT2D eigenvalue weighted by molar-refractivity contribution is 0.0684. The van der Waals surface area contributed by atoms with E-state index in [1.807, 2.05) is 20.8 Å². The highest BCUT2D eigenvalue weighted by atomic mass is 32.2. The molecule has 0 aromatic carbocycles. The van der Waals surface area contributed by atoms with Gasteiger partial charge in [-0.15, -0.1) is 0 Å². The molecule has 1 rings (SSSR count). The number of amides is 1. The molecule has 0 saturated carbocycles. The first kappa shape index (κ1) is 17.8. The summed E-state index contributed by atoms with van der Waals surface area (Å²) < 4.78 is 28.8. The van der Waals surface area contributed by atoms with Crippen LogP contribution in [0.3, 0.4) is 0 Å². The quantitative estimate of drug-likeness (QED) is 0.776. The average Bonchev–Trinajstić information content (AvgIpc) is 2.88. The van der Waals surface area contributed by atoms with Crippen molar-refractivity contribution < 1.29 is 17.6 Å².